The number of sulfone groups is 1. The summed E-state index contributed by atoms with van der Waals surface area (Å²) in [4.78, 5) is 17.8. The number of amides is 1. The lowest BCUT2D eigenvalue weighted by molar-refractivity contribution is -0.00497. The van der Waals surface area contributed by atoms with Gasteiger partial charge in [-0.05, 0) is 51.8 Å². The van der Waals surface area contributed by atoms with Gasteiger partial charge >= 0.3 is 6.09 Å². The van der Waals surface area contributed by atoms with Gasteiger partial charge < -0.3 is 18.7 Å². The molecule has 1 amide bonds. The monoisotopic (exact) mass is 499 g/mol. The third kappa shape index (κ3) is 6.73. The molecule has 2 atom stereocenters. The molecule has 188 valence electrons. The molecule has 1 saturated heterocycles. The quantitative estimate of drug-likeness (QED) is 0.537. The molecule has 3 rings (SSSR count). The second kappa shape index (κ2) is 10.4. The van der Waals surface area contributed by atoms with E-state index in [1.165, 1.54) is 12.1 Å². The molecule has 1 aromatic heterocycles. The molecule has 1 aromatic carbocycles. The van der Waals surface area contributed by atoms with Crippen LogP contribution in [0.5, 0.6) is 0 Å². The van der Waals surface area contributed by atoms with Gasteiger partial charge in [-0.25, -0.2) is 17.6 Å². The molecule has 0 saturated carbocycles. The van der Waals surface area contributed by atoms with Gasteiger partial charge in [-0.3, -0.25) is 4.90 Å². The summed E-state index contributed by atoms with van der Waals surface area (Å²) >= 11 is 0. The Balaban J connectivity index is 1.60. The lowest BCUT2D eigenvalue weighted by Crippen LogP contribution is -2.42. The number of hydrogen-bond donors (Lipinski definition) is 0. The third-order valence-electron chi connectivity index (χ3n) is 5.10. The zero-order valence-electron chi connectivity index (χ0n) is 19.9. The Bertz CT molecular complexity index is 1110. The van der Waals surface area contributed by atoms with E-state index in [-0.39, 0.29) is 42.8 Å². The average Bonchev–Trinajstić information content (AvgIpc) is 3.38. The van der Waals surface area contributed by atoms with Crippen LogP contribution < -0.4 is 0 Å². The zero-order chi connectivity index (χ0) is 25.1. The van der Waals surface area contributed by atoms with Gasteiger partial charge in [0, 0.05) is 11.8 Å². The van der Waals surface area contributed by atoms with Crippen molar-refractivity contribution in [2.45, 2.75) is 69.8 Å². The van der Waals surface area contributed by atoms with Gasteiger partial charge in [-0.15, -0.1) is 0 Å². The number of carbonyl (C=O) groups is 1. The number of benzene rings is 1. The maximum atomic E-state index is 14.2. The van der Waals surface area contributed by atoms with Gasteiger partial charge in [0.2, 0.25) is 5.82 Å². The second-order valence-electron chi connectivity index (χ2n) is 9.11. The molecule has 12 heteroatoms. The van der Waals surface area contributed by atoms with Crippen molar-refractivity contribution in [3.63, 3.8) is 0 Å². The SMILES string of the molecule is CC[C@H](CC1COCN1C(=O)OC(C)(C)C)OCc1nc(-c2ccc(S(C)(=O)=O)c(F)c2)no1. The fourth-order valence-electron chi connectivity index (χ4n) is 3.42. The van der Waals surface area contributed by atoms with Crippen molar-refractivity contribution in [3.05, 3.63) is 29.9 Å². The van der Waals surface area contributed by atoms with Crippen molar-refractivity contribution >= 4 is 15.9 Å². The molecule has 2 aromatic rings. The Morgan fingerprint density at radius 2 is 2.09 bits per heavy atom. The molecule has 1 aliphatic rings. The number of carbonyl (C=O) groups excluding carboxylic acids is 1. The lowest BCUT2D eigenvalue weighted by Gasteiger charge is -2.28. The highest BCUT2D eigenvalue weighted by Crippen LogP contribution is 2.24. The molecule has 34 heavy (non-hydrogen) atoms. The second-order valence-corrected chi connectivity index (χ2v) is 11.1. The lowest BCUT2D eigenvalue weighted by atomic mass is 10.1. The highest BCUT2D eigenvalue weighted by atomic mass is 32.2. The van der Waals surface area contributed by atoms with Crippen molar-refractivity contribution in [1.82, 2.24) is 15.0 Å². The highest BCUT2D eigenvalue weighted by molar-refractivity contribution is 7.90. The predicted molar refractivity (Wildman–Crippen MR) is 119 cm³/mol. The summed E-state index contributed by atoms with van der Waals surface area (Å²) in [7, 11) is -3.68. The normalized spacial score (nSPS) is 17.7. The number of halogens is 1. The van der Waals surface area contributed by atoms with Crippen molar-refractivity contribution < 1.29 is 36.3 Å². The van der Waals surface area contributed by atoms with Gasteiger partial charge in [0.05, 0.1) is 18.8 Å². The van der Waals surface area contributed by atoms with Crippen molar-refractivity contribution in [3.8, 4) is 11.4 Å². The molecule has 0 radical (unpaired) electrons. The van der Waals surface area contributed by atoms with Gasteiger partial charge in [-0.1, -0.05) is 12.1 Å². The van der Waals surface area contributed by atoms with Crippen LogP contribution >= 0.6 is 0 Å². The summed E-state index contributed by atoms with van der Waals surface area (Å²) in [5.41, 5.74) is -0.322. The van der Waals surface area contributed by atoms with Gasteiger partial charge in [-0.2, -0.15) is 4.98 Å². The number of aromatic nitrogens is 2. The summed E-state index contributed by atoms with van der Waals surface area (Å²) in [6, 6.07) is 3.44. The van der Waals surface area contributed by atoms with E-state index in [0.29, 0.717) is 19.4 Å². The van der Waals surface area contributed by atoms with E-state index in [4.69, 9.17) is 18.7 Å². The maximum Gasteiger partial charge on any atom is 0.412 e. The first-order chi connectivity index (χ1) is 15.9. The maximum absolute atomic E-state index is 14.2. The Morgan fingerprint density at radius 3 is 2.71 bits per heavy atom. The predicted octanol–water partition coefficient (Wildman–Crippen LogP) is 3.56. The van der Waals surface area contributed by atoms with Gasteiger partial charge in [0.15, 0.2) is 9.84 Å². The van der Waals surface area contributed by atoms with Crippen molar-refractivity contribution in [1.29, 1.82) is 0 Å². The fraction of sp³-hybridized carbons (Fsp3) is 0.591. The van der Waals surface area contributed by atoms with E-state index in [2.05, 4.69) is 10.1 Å². The fourth-order valence-corrected chi connectivity index (χ4v) is 4.15. The number of ether oxygens (including phenoxy) is 3. The van der Waals surface area contributed by atoms with E-state index in [9.17, 15) is 17.6 Å². The van der Waals surface area contributed by atoms with Crippen LogP contribution in [0.3, 0.4) is 0 Å². The zero-order valence-corrected chi connectivity index (χ0v) is 20.7. The summed E-state index contributed by atoms with van der Waals surface area (Å²) in [6.45, 7) is 7.96. The molecule has 0 N–H and O–H groups in total. The molecular weight excluding hydrogens is 469 g/mol. The standard InChI is InChI=1S/C22H30FN3O7S/c1-6-16(10-15-11-30-13-26(15)21(27)32-22(2,3)4)31-12-19-24-20(25-33-19)14-7-8-18(17(23)9-14)34(5,28)29/h7-9,15-16H,6,10-13H2,1-5H3/t15?,16-/m1/s1. The van der Waals surface area contributed by atoms with Crippen molar-refractivity contribution in [2.75, 3.05) is 19.6 Å². The van der Waals surface area contributed by atoms with E-state index in [1.54, 1.807) is 4.90 Å². The number of rotatable bonds is 8. The van der Waals surface area contributed by atoms with Crippen LogP contribution in [0.15, 0.2) is 27.6 Å². The van der Waals surface area contributed by atoms with Crippen LogP contribution in [-0.4, -0.2) is 66.9 Å². The van der Waals surface area contributed by atoms with Crippen LogP contribution in [-0.2, 0) is 30.7 Å². The summed E-state index contributed by atoms with van der Waals surface area (Å²) < 4.78 is 59.4. The molecule has 10 nitrogen and oxygen atoms in total. The molecular formula is C22H30FN3O7S. The minimum atomic E-state index is -3.68. The molecule has 1 unspecified atom stereocenters. The minimum Gasteiger partial charge on any atom is -0.444 e. The van der Waals surface area contributed by atoms with E-state index in [1.807, 2.05) is 27.7 Å². The molecule has 0 aliphatic carbocycles. The first-order valence-corrected chi connectivity index (χ1v) is 12.8. The summed E-state index contributed by atoms with van der Waals surface area (Å²) in [5.74, 6) is -0.583. The molecule has 0 spiro atoms. The molecule has 2 heterocycles. The molecule has 0 bridgehead atoms. The topological polar surface area (TPSA) is 121 Å². The van der Waals surface area contributed by atoms with Crippen LogP contribution in [0.4, 0.5) is 9.18 Å². The third-order valence-corrected chi connectivity index (χ3v) is 6.23. The first kappa shape index (κ1) is 26.0. The Kier molecular flexibility index (Phi) is 7.94. The molecule has 1 aliphatic heterocycles. The van der Waals surface area contributed by atoms with Crippen LogP contribution in [0, 0.1) is 5.82 Å². The number of nitrogens with zero attached hydrogens (tertiary/aromatic N) is 3. The largest absolute Gasteiger partial charge is 0.444 e. The highest BCUT2D eigenvalue weighted by Gasteiger charge is 2.34. The summed E-state index contributed by atoms with van der Waals surface area (Å²) in [6.07, 6.45) is 1.51. The average molecular weight is 500 g/mol. The van der Waals surface area contributed by atoms with Crippen LogP contribution in [0.25, 0.3) is 11.4 Å². The number of hydrogen-bond acceptors (Lipinski definition) is 9. The van der Waals surface area contributed by atoms with Crippen LogP contribution in [0.2, 0.25) is 0 Å². The Labute approximate surface area is 198 Å². The van der Waals surface area contributed by atoms with E-state index >= 15 is 0 Å². The van der Waals surface area contributed by atoms with E-state index < -0.39 is 32.2 Å². The van der Waals surface area contributed by atoms with Gasteiger partial charge in [0.25, 0.3) is 5.89 Å². The smallest absolute Gasteiger partial charge is 0.412 e. The Morgan fingerprint density at radius 1 is 1.35 bits per heavy atom. The Hall–Kier alpha value is -2.57. The van der Waals surface area contributed by atoms with Crippen LogP contribution in [0.1, 0.15) is 46.4 Å². The van der Waals surface area contributed by atoms with E-state index in [0.717, 1.165) is 12.3 Å². The van der Waals surface area contributed by atoms with Crippen molar-refractivity contribution in [2.24, 2.45) is 0 Å². The minimum absolute atomic E-state index is 0.0232. The first-order valence-electron chi connectivity index (χ1n) is 10.9. The molecule has 1 fully saturated rings. The van der Waals surface area contributed by atoms with Gasteiger partial charge in [0.1, 0.15) is 29.7 Å². The summed E-state index contributed by atoms with van der Waals surface area (Å²) in [5, 5.41) is 3.82.